The molecule has 0 saturated carbocycles. The number of benzene rings is 1. The Labute approximate surface area is 115 Å². The van der Waals surface area contributed by atoms with Gasteiger partial charge in [-0.1, -0.05) is 26.8 Å². The highest BCUT2D eigenvalue weighted by atomic mass is 16.2. The topological polar surface area (TPSA) is 46.3 Å². The summed E-state index contributed by atoms with van der Waals surface area (Å²) in [7, 11) is 0. The predicted octanol–water partition coefficient (Wildman–Crippen LogP) is 3.09. The molecule has 0 aromatic heterocycles. The molecule has 0 spiro atoms. The van der Waals surface area contributed by atoms with Crippen molar-refractivity contribution in [3.63, 3.8) is 0 Å². The Morgan fingerprint density at radius 3 is 2.58 bits per heavy atom. The second-order valence-corrected chi connectivity index (χ2v) is 6.69. The predicted molar refractivity (Wildman–Crippen MR) is 79.1 cm³/mol. The summed E-state index contributed by atoms with van der Waals surface area (Å²) < 4.78 is 0. The van der Waals surface area contributed by atoms with Crippen LogP contribution in [0.2, 0.25) is 0 Å². The van der Waals surface area contributed by atoms with E-state index < -0.39 is 0 Å². The van der Waals surface area contributed by atoms with Gasteiger partial charge in [0.25, 0.3) is 5.91 Å². The number of nitrogens with two attached hydrogens (primary N) is 1. The summed E-state index contributed by atoms with van der Waals surface area (Å²) in [5.74, 6) is 0.646. The highest BCUT2D eigenvalue weighted by Crippen LogP contribution is 2.34. The van der Waals surface area contributed by atoms with Gasteiger partial charge in [0.2, 0.25) is 0 Å². The number of anilines is 1. The Morgan fingerprint density at radius 1 is 1.37 bits per heavy atom. The standard InChI is InChI=1S/C16H24N2O/c1-11-5-6-13(14(17)9-11)15(19)18-8-7-12(10-18)16(2,3)4/h5-6,9,12H,7-8,10,17H2,1-4H3. The van der Waals surface area contributed by atoms with Gasteiger partial charge in [0.15, 0.2) is 0 Å². The molecule has 1 amide bonds. The van der Waals surface area contributed by atoms with Gasteiger partial charge in [0, 0.05) is 18.8 Å². The van der Waals surface area contributed by atoms with Crippen molar-refractivity contribution in [2.24, 2.45) is 11.3 Å². The zero-order chi connectivity index (χ0) is 14.2. The van der Waals surface area contributed by atoms with Crippen LogP contribution < -0.4 is 5.73 Å². The molecular weight excluding hydrogens is 236 g/mol. The van der Waals surface area contributed by atoms with Crippen molar-refractivity contribution in [2.45, 2.75) is 34.1 Å². The molecule has 2 rings (SSSR count). The van der Waals surface area contributed by atoms with Crippen LogP contribution in [0, 0.1) is 18.3 Å². The Morgan fingerprint density at radius 2 is 2.05 bits per heavy atom. The van der Waals surface area contributed by atoms with Crippen LogP contribution >= 0.6 is 0 Å². The third kappa shape index (κ3) is 2.91. The highest BCUT2D eigenvalue weighted by molar-refractivity contribution is 5.99. The highest BCUT2D eigenvalue weighted by Gasteiger charge is 2.34. The molecule has 1 aromatic carbocycles. The smallest absolute Gasteiger partial charge is 0.255 e. The molecule has 1 heterocycles. The molecular formula is C16H24N2O. The van der Waals surface area contributed by atoms with Gasteiger partial charge in [-0.2, -0.15) is 0 Å². The molecule has 2 N–H and O–H groups in total. The number of rotatable bonds is 1. The first-order valence-electron chi connectivity index (χ1n) is 6.94. The fraction of sp³-hybridized carbons (Fsp3) is 0.562. The van der Waals surface area contributed by atoms with Gasteiger partial charge < -0.3 is 10.6 Å². The van der Waals surface area contributed by atoms with Gasteiger partial charge in [-0.3, -0.25) is 4.79 Å². The number of aryl methyl sites for hydroxylation is 1. The molecule has 1 saturated heterocycles. The lowest BCUT2D eigenvalue weighted by Crippen LogP contribution is -2.31. The molecule has 3 nitrogen and oxygen atoms in total. The minimum absolute atomic E-state index is 0.0734. The van der Waals surface area contributed by atoms with Gasteiger partial charge in [-0.15, -0.1) is 0 Å². The minimum Gasteiger partial charge on any atom is -0.398 e. The zero-order valence-electron chi connectivity index (χ0n) is 12.4. The lowest BCUT2D eigenvalue weighted by Gasteiger charge is -2.27. The van der Waals surface area contributed by atoms with E-state index in [1.165, 1.54) is 0 Å². The summed E-state index contributed by atoms with van der Waals surface area (Å²) in [4.78, 5) is 14.4. The van der Waals surface area contributed by atoms with Crippen molar-refractivity contribution in [2.75, 3.05) is 18.8 Å². The van der Waals surface area contributed by atoms with Crippen LogP contribution in [-0.4, -0.2) is 23.9 Å². The third-order valence-corrected chi connectivity index (χ3v) is 4.14. The average molecular weight is 260 g/mol. The normalized spacial score (nSPS) is 19.8. The molecule has 0 bridgehead atoms. The maximum Gasteiger partial charge on any atom is 0.255 e. The van der Waals surface area contributed by atoms with Crippen molar-refractivity contribution in [1.29, 1.82) is 0 Å². The van der Waals surface area contributed by atoms with E-state index in [2.05, 4.69) is 20.8 Å². The third-order valence-electron chi connectivity index (χ3n) is 4.14. The van der Waals surface area contributed by atoms with Crippen LogP contribution in [0.4, 0.5) is 5.69 Å². The van der Waals surface area contributed by atoms with Crippen molar-refractivity contribution >= 4 is 11.6 Å². The number of hydrogen-bond donors (Lipinski definition) is 1. The zero-order valence-corrected chi connectivity index (χ0v) is 12.4. The van der Waals surface area contributed by atoms with Crippen molar-refractivity contribution < 1.29 is 4.79 Å². The van der Waals surface area contributed by atoms with Crippen LogP contribution in [0.5, 0.6) is 0 Å². The molecule has 1 aromatic rings. The Kier molecular flexibility index (Phi) is 3.57. The lowest BCUT2D eigenvalue weighted by atomic mass is 9.80. The van der Waals surface area contributed by atoms with Crippen LogP contribution in [-0.2, 0) is 0 Å². The van der Waals surface area contributed by atoms with E-state index >= 15 is 0 Å². The number of hydrogen-bond acceptors (Lipinski definition) is 2. The van der Waals surface area contributed by atoms with Crippen LogP contribution in [0.25, 0.3) is 0 Å². The summed E-state index contributed by atoms with van der Waals surface area (Å²) in [5.41, 5.74) is 8.53. The van der Waals surface area contributed by atoms with E-state index in [0.717, 1.165) is 25.1 Å². The number of likely N-dealkylation sites (tertiary alicyclic amines) is 1. The second kappa shape index (κ2) is 4.87. The van der Waals surface area contributed by atoms with E-state index in [0.29, 0.717) is 17.2 Å². The number of amides is 1. The van der Waals surface area contributed by atoms with E-state index in [4.69, 9.17) is 5.73 Å². The first-order chi connectivity index (χ1) is 8.79. The summed E-state index contributed by atoms with van der Waals surface area (Å²) >= 11 is 0. The number of carbonyl (C=O) groups excluding carboxylic acids is 1. The first kappa shape index (κ1) is 13.9. The SMILES string of the molecule is Cc1ccc(C(=O)N2CCC(C(C)(C)C)C2)c(N)c1. The van der Waals surface area contributed by atoms with Gasteiger partial charge >= 0.3 is 0 Å². The van der Waals surface area contributed by atoms with Crippen molar-refractivity contribution in [3.05, 3.63) is 29.3 Å². The lowest BCUT2D eigenvalue weighted by molar-refractivity contribution is 0.0777. The van der Waals surface area contributed by atoms with Crippen molar-refractivity contribution in [3.8, 4) is 0 Å². The molecule has 1 unspecified atom stereocenters. The molecule has 3 heteroatoms. The van der Waals surface area contributed by atoms with Crippen LogP contribution in [0.3, 0.4) is 0 Å². The van der Waals surface area contributed by atoms with E-state index in [-0.39, 0.29) is 11.3 Å². The summed E-state index contributed by atoms with van der Waals surface area (Å²) in [5, 5.41) is 0. The van der Waals surface area contributed by atoms with Crippen LogP contribution in [0.15, 0.2) is 18.2 Å². The molecule has 1 aliphatic rings. The molecule has 1 atom stereocenters. The summed E-state index contributed by atoms with van der Waals surface area (Å²) in [6, 6.07) is 5.66. The molecule has 19 heavy (non-hydrogen) atoms. The number of carbonyl (C=O) groups is 1. The maximum absolute atomic E-state index is 12.5. The number of nitrogens with zero attached hydrogens (tertiary/aromatic N) is 1. The van der Waals surface area contributed by atoms with E-state index in [1.807, 2.05) is 30.0 Å². The molecule has 1 aliphatic heterocycles. The van der Waals surface area contributed by atoms with E-state index in [9.17, 15) is 4.79 Å². The second-order valence-electron chi connectivity index (χ2n) is 6.69. The summed E-state index contributed by atoms with van der Waals surface area (Å²) in [6.07, 6.45) is 1.08. The van der Waals surface area contributed by atoms with Gasteiger partial charge in [0.05, 0.1) is 5.56 Å². The van der Waals surface area contributed by atoms with Gasteiger partial charge in [-0.25, -0.2) is 0 Å². The average Bonchev–Trinajstić information content (AvgIpc) is 2.76. The van der Waals surface area contributed by atoms with Gasteiger partial charge in [0.1, 0.15) is 0 Å². The Balaban J connectivity index is 2.14. The van der Waals surface area contributed by atoms with E-state index in [1.54, 1.807) is 0 Å². The fourth-order valence-corrected chi connectivity index (χ4v) is 2.70. The first-order valence-corrected chi connectivity index (χ1v) is 6.94. The number of nitrogen functional groups attached to an aromatic ring is 1. The largest absolute Gasteiger partial charge is 0.398 e. The maximum atomic E-state index is 12.5. The Hall–Kier alpha value is -1.51. The molecule has 1 fully saturated rings. The minimum atomic E-state index is 0.0734. The molecule has 104 valence electrons. The monoisotopic (exact) mass is 260 g/mol. The fourth-order valence-electron chi connectivity index (χ4n) is 2.70. The molecule has 0 aliphatic carbocycles. The van der Waals surface area contributed by atoms with Crippen molar-refractivity contribution in [1.82, 2.24) is 4.90 Å². The Bertz CT molecular complexity index is 488. The summed E-state index contributed by atoms with van der Waals surface area (Å²) in [6.45, 7) is 10.4. The molecule has 0 radical (unpaired) electrons. The van der Waals surface area contributed by atoms with Gasteiger partial charge in [-0.05, 0) is 42.4 Å². The van der Waals surface area contributed by atoms with Crippen LogP contribution in [0.1, 0.15) is 43.1 Å². The quantitative estimate of drug-likeness (QED) is 0.789.